The fourth-order valence-electron chi connectivity index (χ4n) is 2.98. The third kappa shape index (κ3) is 5.95. The molecule has 6 nitrogen and oxygen atoms in total. The first-order chi connectivity index (χ1) is 13.3. The molecule has 0 aliphatic carbocycles. The first kappa shape index (κ1) is 19.7. The monoisotopic (exact) mass is 390 g/mol. The van der Waals surface area contributed by atoms with Crippen molar-refractivity contribution in [3.8, 4) is 0 Å². The molecule has 0 unspecified atom stereocenters. The topological polar surface area (TPSA) is 67.1 Å². The summed E-state index contributed by atoms with van der Waals surface area (Å²) in [6.45, 7) is 5.23. The van der Waals surface area contributed by atoms with Crippen molar-refractivity contribution in [3.05, 3.63) is 41.7 Å². The molecule has 1 aliphatic heterocycles. The van der Waals surface area contributed by atoms with Gasteiger partial charge in [0.25, 0.3) is 0 Å². The molecule has 0 spiro atoms. The highest BCUT2D eigenvalue weighted by molar-refractivity contribution is 7.99. The van der Waals surface area contributed by atoms with E-state index >= 15 is 0 Å². The third-order valence-electron chi connectivity index (χ3n) is 4.35. The Kier molecular flexibility index (Phi) is 7.50. The number of aryl methyl sites for hydroxylation is 1. The quantitative estimate of drug-likeness (QED) is 0.314. The Morgan fingerprint density at radius 2 is 2.07 bits per heavy atom. The second-order valence-electron chi connectivity index (χ2n) is 6.42. The van der Waals surface area contributed by atoms with E-state index in [0.717, 1.165) is 60.7 Å². The van der Waals surface area contributed by atoms with E-state index in [4.69, 9.17) is 0 Å². The minimum atomic E-state index is -0.193. The van der Waals surface area contributed by atoms with Gasteiger partial charge >= 0.3 is 0 Å². The average Bonchev–Trinajstić information content (AvgIpc) is 3.10. The lowest BCUT2D eigenvalue weighted by molar-refractivity contribution is 0.508. The molecule has 1 aromatic heterocycles. The van der Waals surface area contributed by atoms with Crippen LogP contribution in [0.15, 0.2) is 34.2 Å². The number of fused-ring (bicyclic) bond motifs is 1. The van der Waals surface area contributed by atoms with Crippen LogP contribution < -0.4 is 10.6 Å². The lowest BCUT2D eigenvalue weighted by Crippen LogP contribution is -2.38. The zero-order valence-corrected chi connectivity index (χ0v) is 16.6. The molecule has 0 bridgehead atoms. The van der Waals surface area contributed by atoms with Gasteiger partial charge in [0.15, 0.2) is 11.8 Å². The first-order valence-corrected chi connectivity index (χ1v) is 10.6. The summed E-state index contributed by atoms with van der Waals surface area (Å²) in [6, 6.07) is 6.63. The molecule has 3 rings (SSSR count). The number of guanidine groups is 1. The lowest BCUT2D eigenvalue weighted by atomic mass is 10.2. The number of aromatic nitrogens is 3. The van der Waals surface area contributed by atoms with Crippen LogP contribution in [-0.4, -0.2) is 39.6 Å². The first-order valence-electron chi connectivity index (χ1n) is 9.57. The maximum absolute atomic E-state index is 12.9. The molecule has 27 heavy (non-hydrogen) atoms. The van der Waals surface area contributed by atoms with Crippen molar-refractivity contribution < 1.29 is 4.39 Å². The van der Waals surface area contributed by atoms with Gasteiger partial charge in [0.05, 0.1) is 0 Å². The van der Waals surface area contributed by atoms with E-state index in [1.54, 1.807) is 11.8 Å². The molecule has 1 aromatic carbocycles. The second kappa shape index (κ2) is 10.3. The Hall–Kier alpha value is -2.09. The van der Waals surface area contributed by atoms with Gasteiger partial charge in [0.1, 0.15) is 18.2 Å². The molecule has 2 aromatic rings. The Labute approximate surface area is 164 Å². The fourth-order valence-corrected chi connectivity index (χ4v) is 3.83. The summed E-state index contributed by atoms with van der Waals surface area (Å²) < 4.78 is 15.1. The van der Waals surface area contributed by atoms with Crippen molar-refractivity contribution in [3.63, 3.8) is 0 Å². The normalized spacial score (nSPS) is 14.1. The van der Waals surface area contributed by atoms with Gasteiger partial charge in [-0.05, 0) is 56.2 Å². The van der Waals surface area contributed by atoms with Crippen LogP contribution in [0.3, 0.4) is 0 Å². The molecule has 2 heterocycles. The van der Waals surface area contributed by atoms with Crippen molar-refractivity contribution in [2.45, 2.75) is 50.6 Å². The molecule has 8 heteroatoms. The number of halogens is 1. The van der Waals surface area contributed by atoms with E-state index in [1.165, 1.54) is 25.0 Å². The predicted octanol–water partition coefficient (Wildman–Crippen LogP) is 2.99. The molecule has 0 amide bonds. The van der Waals surface area contributed by atoms with Gasteiger partial charge in [0, 0.05) is 31.0 Å². The van der Waals surface area contributed by atoms with Gasteiger partial charge in [-0.1, -0.05) is 0 Å². The molecule has 146 valence electrons. The SMILES string of the molecule is CCNC(=NCc1nnc2n1CCCC2)NCCCSc1ccc(F)cc1. The summed E-state index contributed by atoms with van der Waals surface area (Å²) in [5.74, 6) is 3.60. The Morgan fingerprint density at radius 1 is 1.22 bits per heavy atom. The Balaban J connectivity index is 1.43. The Bertz CT molecular complexity index is 743. The highest BCUT2D eigenvalue weighted by Gasteiger charge is 2.15. The van der Waals surface area contributed by atoms with Gasteiger partial charge in [-0.15, -0.1) is 22.0 Å². The van der Waals surface area contributed by atoms with Crippen molar-refractivity contribution in [2.24, 2.45) is 4.99 Å². The molecular formula is C19H27FN6S. The van der Waals surface area contributed by atoms with Crippen molar-refractivity contribution >= 4 is 17.7 Å². The molecule has 0 saturated carbocycles. The highest BCUT2D eigenvalue weighted by Crippen LogP contribution is 2.18. The lowest BCUT2D eigenvalue weighted by Gasteiger charge is -2.14. The number of hydrogen-bond acceptors (Lipinski definition) is 4. The van der Waals surface area contributed by atoms with Gasteiger partial charge < -0.3 is 15.2 Å². The Morgan fingerprint density at radius 3 is 2.89 bits per heavy atom. The molecule has 1 aliphatic rings. The van der Waals surface area contributed by atoms with Crippen LogP contribution in [0, 0.1) is 5.82 Å². The summed E-state index contributed by atoms with van der Waals surface area (Å²) in [5.41, 5.74) is 0. The van der Waals surface area contributed by atoms with E-state index < -0.39 is 0 Å². The third-order valence-corrected chi connectivity index (χ3v) is 5.45. The zero-order valence-electron chi connectivity index (χ0n) is 15.7. The number of nitrogens with zero attached hydrogens (tertiary/aromatic N) is 4. The standard InChI is InChI=1S/C19H27FN6S/c1-2-21-19(22-11-5-13-27-16-9-7-15(20)8-10-16)23-14-18-25-24-17-6-3-4-12-26(17)18/h7-10H,2-6,11-14H2,1H3,(H2,21,22,23). The molecule has 0 atom stereocenters. The molecular weight excluding hydrogens is 363 g/mol. The van der Waals surface area contributed by atoms with Crippen LogP contribution in [0.1, 0.15) is 37.8 Å². The number of aliphatic imine (C=N–C) groups is 1. The van der Waals surface area contributed by atoms with Crippen LogP contribution in [0.25, 0.3) is 0 Å². The number of thioether (sulfide) groups is 1. The van der Waals surface area contributed by atoms with E-state index in [9.17, 15) is 4.39 Å². The number of hydrogen-bond donors (Lipinski definition) is 2. The summed E-state index contributed by atoms with van der Waals surface area (Å²) in [7, 11) is 0. The summed E-state index contributed by atoms with van der Waals surface area (Å²) >= 11 is 1.73. The van der Waals surface area contributed by atoms with Crippen LogP contribution in [0.4, 0.5) is 4.39 Å². The molecule has 0 fully saturated rings. The minimum absolute atomic E-state index is 0.193. The minimum Gasteiger partial charge on any atom is -0.357 e. The summed E-state index contributed by atoms with van der Waals surface area (Å²) in [6.07, 6.45) is 4.39. The molecule has 2 N–H and O–H groups in total. The predicted molar refractivity (Wildman–Crippen MR) is 108 cm³/mol. The van der Waals surface area contributed by atoms with Crippen LogP contribution in [0.2, 0.25) is 0 Å². The highest BCUT2D eigenvalue weighted by atomic mass is 32.2. The van der Waals surface area contributed by atoms with E-state index in [0.29, 0.717) is 6.54 Å². The van der Waals surface area contributed by atoms with E-state index in [-0.39, 0.29) is 5.82 Å². The van der Waals surface area contributed by atoms with E-state index in [2.05, 4.69) is 37.3 Å². The maximum Gasteiger partial charge on any atom is 0.191 e. The second-order valence-corrected chi connectivity index (χ2v) is 7.59. The van der Waals surface area contributed by atoms with Crippen LogP contribution in [0.5, 0.6) is 0 Å². The zero-order chi connectivity index (χ0) is 18.9. The fraction of sp³-hybridized carbons (Fsp3) is 0.526. The van der Waals surface area contributed by atoms with Crippen molar-refractivity contribution in [1.82, 2.24) is 25.4 Å². The summed E-state index contributed by atoms with van der Waals surface area (Å²) in [4.78, 5) is 5.74. The van der Waals surface area contributed by atoms with Gasteiger partial charge in [-0.25, -0.2) is 9.38 Å². The largest absolute Gasteiger partial charge is 0.357 e. The molecule has 0 saturated heterocycles. The number of rotatable bonds is 8. The van der Waals surface area contributed by atoms with Crippen LogP contribution >= 0.6 is 11.8 Å². The number of nitrogens with one attached hydrogen (secondary N) is 2. The van der Waals surface area contributed by atoms with E-state index in [1.807, 2.05) is 12.1 Å². The van der Waals surface area contributed by atoms with Crippen molar-refractivity contribution in [2.75, 3.05) is 18.8 Å². The van der Waals surface area contributed by atoms with Crippen molar-refractivity contribution in [1.29, 1.82) is 0 Å². The summed E-state index contributed by atoms with van der Waals surface area (Å²) in [5, 5.41) is 15.2. The number of benzene rings is 1. The van der Waals surface area contributed by atoms with Gasteiger partial charge in [0.2, 0.25) is 0 Å². The van der Waals surface area contributed by atoms with Gasteiger partial charge in [-0.2, -0.15) is 0 Å². The average molecular weight is 391 g/mol. The maximum atomic E-state index is 12.9. The smallest absolute Gasteiger partial charge is 0.191 e. The molecule has 0 radical (unpaired) electrons. The van der Waals surface area contributed by atoms with Gasteiger partial charge in [-0.3, -0.25) is 0 Å². The van der Waals surface area contributed by atoms with Crippen LogP contribution in [-0.2, 0) is 19.5 Å².